The molecule has 3 rings (SSSR count). The van der Waals surface area contributed by atoms with Gasteiger partial charge in [0, 0.05) is 22.4 Å². The molecular weight excluding hydrogens is 200 g/mol. The van der Waals surface area contributed by atoms with Crippen LogP contribution in [0.5, 0.6) is 0 Å². The van der Waals surface area contributed by atoms with E-state index in [1.807, 2.05) is 42.5 Å². The van der Waals surface area contributed by atoms with E-state index in [1.54, 1.807) is 0 Å². The van der Waals surface area contributed by atoms with E-state index in [9.17, 15) is 0 Å². The average molecular weight is 210 g/mol. The van der Waals surface area contributed by atoms with E-state index in [1.165, 1.54) is 0 Å². The first-order chi connectivity index (χ1) is 7.83. The lowest BCUT2D eigenvalue weighted by atomic mass is 10.0. The Morgan fingerprint density at radius 2 is 1.56 bits per heavy atom. The van der Waals surface area contributed by atoms with E-state index in [-0.39, 0.29) is 0 Å². The molecule has 16 heavy (non-hydrogen) atoms. The first-order valence-corrected chi connectivity index (χ1v) is 5.03. The van der Waals surface area contributed by atoms with Crippen molar-refractivity contribution in [1.29, 1.82) is 0 Å². The molecule has 3 nitrogen and oxygen atoms in total. The molecule has 0 aliphatic heterocycles. The molecule has 0 unspecified atom stereocenters. The number of oxime groups is 1. The van der Waals surface area contributed by atoms with Gasteiger partial charge in [0.2, 0.25) is 0 Å². The van der Waals surface area contributed by atoms with Gasteiger partial charge in [-0.1, -0.05) is 41.6 Å². The highest BCUT2D eigenvalue weighted by molar-refractivity contribution is 6.25. The van der Waals surface area contributed by atoms with E-state index >= 15 is 0 Å². The summed E-state index contributed by atoms with van der Waals surface area (Å²) in [6, 6.07) is 13.4. The topological polar surface area (TPSA) is 58.6 Å². The van der Waals surface area contributed by atoms with Gasteiger partial charge in [-0.15, -0.1) is 0 Å². The predicted molar refractivity (Wildman–Crippen MR) is 63.7 cm³/mol. The maximum atomic E-state index is 9.10. The third-order valence-corrected chi connectivity index (χ3v) is 2.90. The minimum Gasteiger partial charge on any atom is -0.410 e. The summed E-state index contributed by atoms with van der Waals surface area (Å²) in [7, 11) is 0. The SMILES string of the molecule is Nc1cccc2c1-c1ccccc1C2=NO. The summed E-state index contributed by atoms with van der Waals surface area (Å²) in [5, 5.41) is 12.5. The number of nitrogens with two attached hydrogens (primary N) is 1. The second-order valence-electron chi connectivity index (χ2n) is 3.76. The molecule has 0 heterocycles. The summed E-state index contributed by atoms with van der Waals surface area (Å²) in [6.45, 7) is 0. The Morgan fingerprint density at radius 3 is 2.31 bits per heavy atom. The summed E-state index contributed by atoms with van der Waals surface area (Å²) < 4.78 is 0. The van der Waals surface area contributed by atoms with Gasteiger partial charge in [-0.3, -0.25) is 0 Å². The molecule has 78 valence electrons. The minimum atomic E-state index is 0.595. The van der Waals surface area contributed by atoms with Crippen LogP contribution in [0.3, 0.4) is 0 Å². The van der Waals surface area contributed by atoms with Gasteiger partial charge in [-0.05, 0) is 11.6 Å². The van der Waals surface area contributed by atoms with Crippen LogP contribution < -0.4 is 5.73 Å². The highest BCUT2D eigenvalue weighted by Gasteiger charge is 2.26. The molecule has 2 aromatic carbocycles. The predicted octanol–water partition coefficient (Wildman–Crippen LogP) is 2.48. The fourth-order valence-corrected chi connectivity index (χ4v) is 2.23. The van der Waals surface area contributed by atoms with E-state index in [4.69, 9.17) is 10.9 Å². The van der Waals surface area contributed by atoms with Gasteiger partial charge in [0.1, 0.15) is 5.71 Å². The van der Waals surface area contributed by atoms with Crippen LogP contribution in [0.2, 0.25) is 0 Å². The zero-order valence-corrected chi connectivity index (χ0v) is 8.51. The number of fused-ring (bicyclic) bond motifs is 3. The van der Waals surface area contributed by atoms with Crippen LogP contribution in [0.15, 0.2) is 47.6 Å². The molecule has 0 aromatic heterocycles. The first kappa shape index (κ1) is 8.97. The second-order valence-corrected chi connectivity index (χ2v) is 3.76. The number of benzene rings is 2. The molecule has 3 heteroatoms. The van der Waals surface area contributed by atoms with Crippen molar-refractivity contribution in [2.45, 2.75) is 0 Å². The lowest BCUT2D eigenvalue weighted by molar-refractivity contribution is 0.320. The third-order valence-electron chi connectivity index (χ3n) is 2.90. The summed E-state index contributed by atoms with van der Waals surface area (Å²) >= 11 is 0. The number of nitrogen functional groups attached to an aromatic ring is 1. The number of hydrogen-bond donors (Lipinski definition) is 2. The number of hydrogen-bond acceptors (Lipinski definition) is 3. The Bertz CT molecular complexity index is 603. The Hall–Kier alpha value is -2.29. The molecule has 0 saturated carbocycles. The zero-order chi connectivity index (χ0) is 11.1. The van der Waals surface area contributed by atoms with Gasteiger partial charge in [-0.2, -0.15) is 0 Å². The second kappa shape index (κ2) is 3.10. The van der Waals surface area contributed by atoms with Crippen molar-refractivity contribution in [2.75, 3.05) is 5.73 Å². The lowest BCUT2D eigenvalue weighted by Gasteiger charge is -2.03. The van der Waals surface area contributed by atoms with Crippen molar-refractivity contribution in [3.05, 3.63) is 53.6 Å². The molecule has 3 N–H and O–H groups in total. The third kappa shape index (κ3) is 0.997. The van der Waals surface area contributed by atoms with Gasteiger partial charge in [-0.25, -0.2) is 0 Å². The molecule has 0 atom stereocenters. The van der Waals surface area contributed by atoms with Gasteiger partial charge in [0.05, 0.1) is 0 Å². The molecule has 0 fully saturated rings. The summed E-state index contributed by atoms with van der Waals surface area (Å²) in [6.07, 6.45) is 0. The molecular formula is C13H10N2O. The molecule has 0 bridgehead atoms. The van der Waals surface area contributed by atoms with E-state index in [2.05, 4.69) is 5.16 Å². The van der Waals surface area contributed by atoms with Crippen molar-refractivity contribution in [3.8, 4) is 11.1 Å². The summed E-state index contributed by atoms with van der Waals surface area (Å²) in [5.41, 5.74) is 11.1. The van der Waals surface area contributed by atoms with Crippen LogP contribution in [0.1, 0.15) is 11.1 Å². The maximum absolute atomic E-state index is 9.10. The number of anilines is 1. The van der Waals surface area contributed by atoms with E-state index < -0.39 is 0 Å². The van der Waals surface area contributed by atoms with Crippen LogP contribution in [-0.4, -0.2) is 10.9 Å². The number of rotatable bonds is 0. The Morgan fingerprint density at radius 1 is 0.875 bits per heavy atom. The van der Waals surface area contributed by atoms with Gasteiger partial charge >= 0.3 is 0 Å². The van der Waals surface area contributed by atoms with Crippen molar-refractivity contribution in [3.63, 3.8) is 0 Å². The monoisotopic (exact) mass is 210 g/mol. The normalized spacial score (nSPS) is 14.9. The minimum absolute atomic E-state index is 0.595. The Kier molecular flexibility index (Phi) is 1.74. The van der Waals surface area contributed by atoms with Crippen molar-refractivity contribution in [2.24, 2.45) is 5.16 Å². The highest BCUT2D eigenvalue weighted by Crippen LogP contribution is 2.40. The molecule has 0 amide bonds. The van der Waals surface area contributed by atoms with Crippen LogP contribution in [0.4, 0.5) is 5.69 Å². The Labute approximate surface area is 92.8 Å². The average Bonchev–Trinajstić information content (AvgIpc) is 2.64. The van der Waals surface area contributed by atoms with Gasteiger partial charge < -0.3 is 10.9 Å². The standard InChI is InChI=1S/C13H10N2O/c14-11-7-3-6-10-12(11)8-4-1-2-5-9(8)13(10)15-16/h1-7,16H,14H2. The van der Waals surface area contributed by atoms with Crippen molar-refractivity contribution >= 4 is 11.4 Å². The molecule has 0 saturated heterocycles. The van der Waals surface area contributed by atoms with E-state index in [0.717, 1.165) is 22.3 Å². The molecule has 0 radical (unpaired) electrons. The first-order valence-electron chi connectivity index (χ1n) is 5.03. The van der Waals surface area contributed by atoms with Gasteiger partial charge in [0.25, 0.3) is 0 Å². The molecule has 1 aliphatic rings. The van der Waals surface area contributed by atoms with Gasteiger partial charge in [0.15, 0.2) is 0 Å². The van der Waals surface area contributed by atoms with Crippen molar-refractivity contribution in [1.82, 2.24) is 0 Å². The maximum Gasteiger partial charge on any atom is 0.118 e. The van der Waals surface area contributed by atoms with Crippen LogP contribution >= 0.6 is 0 Å². The quantitative estimate of drug-likeness (QED) is 0.340. The van der Waals surface area contributed by atoms with Crippen molar-refractivity contribution < 1.29 is 5.21 Å². The Balaban J connectivity index is 2.45. The largest absolute Gasteiger partial charge is 0.410 e. The van der Waals surface area contributed by atoms with Crippen LogP contribution in [-0.2, 0) is 0 Å². The molecule has 1 aliphatic carbocycles. The smallest absolute Gasteiger partial charge is 0.118 e. The van der Waals surface area contributed by atoms with E-state index in [0.29, 0.717) is 11.4 Å². The summed E-state index contributed by atoms with van der Waals surface area (Å²) in [4.78, 5) is 0. The zero-order valence-electron chi connectivity index (χ0n) is 8.51. The fourth-order valence-electron chi connectivity index (χ4n) is 2.23. The highest BCUT2D eigenvalue weighted by atomic mass is 16.4. The molecule has 2 aromatic rings. The summed E-state index contributed by atoms with van der Waals surface area (Å²) in [5.74, 6) is 0. The lowest BCUT2D eigenvalue weighted by Crippen LogP contribution is -1.97. The number of nitrogens with zero attached hydrogens (tertiary/aromatic N) is 1. The molecule has 0 spiro atoms. The van der Waals surface area contributed by atoms with Crippen LogP contribution in [0.25, 0.3) is 11.1 Å². The van der Waals surface area contributed by atoms with Crippen LogP contribution in [0, 0.1) is 0 Å². The fraction of sp³-hybridized carbons (Fsp3) is 0.